The Labute approximate surface area is 158 Å². The van der Waals surface area contributed by atoms with Gasteiger partial charge in [0.15, 0.2) is 6.61 Å². The Kier molecular flexibility index (Phi) is 6.72. The molecule has 0 radical (unpaired) electrons. The predicted octanol–water partition coefficient (Wildman–Crippen LogP) is 4.90. The molecule has 1 amide bonds. The maximum atomic E-state index is 12.2. The van der Waals surface area contributed by atoms with Crippen LogP contribution in [0.25, 0.3) is 0 Å². The average Bonchev–Trinajstić information content (AvgIpc) is 3.15. The molecule has 0 spiro atoms. The second-order valence-corrected chi connectivity index (χ2v) is 7.59. The van der Waals surface area contributed by atoms with E-state index in [4.69, 9.17) is 4.74 Å². The first kappa shape index (κ1) is 18.5. The maximum Gasteiger partial charge on any atom is 0.306 e. The third-order valence-electron chi connectivity index (χ3n) is 4.43. The fourth-order valence-electron chi connectivity index (χ4n) is 3.12. The molecule has 0 aromatic heterocycles. The van der Waals surface area contributed by atoms with Crippen molar-refractivity contribution >= 4 is 29.3 Å². The molecule has 0 saturated heterocycles. The first-order valence-corrected chi connectivity index (χ1v) is 9.80. The second-order valence-electron chi connectivity index (χ2n) is 6.47. The lowest BCUT2D eigenvalue weighted by Crippen LogP contribution is -2.22. The van der Waals surface area contributed by atoms with Crippen LogP contribution in [0, 0.1) is 5.92 Å². The molecule has 0 unspecified atom stereocenters. The van der Waals surface area contributed by atoms with E-state index in [0.29, 0.717) is 12.3 Å². The maximum absolute atomic E-state index is 12.2. The van der Waals surface area contributed by atoms with Crippen LogP contribution in [0.4, 0.5) is 5.69 Å². The van der Waals surface area contributed by atoms with Gasteiger partial charge in [-0.3, -0.25) is 9.59 Å². The summed E-state index contributed by atoms with van der Waals surface area (Å²) >= 11 is 1.58. The van der Waals surface area contributed by atoms with E-state index in [0.717, 1.165) is 28.3 Å². The number of amides is 1. The van der Waals surface area contributed by atoms with Crippen molar-refractivity contribution in [3.63, 3.8) is 0 Å². The van der Waals surface area contributed by atoms with Crippen molar-refractivity contribution in [2.45, 2.75) is 41.9 Å². The SMILES string of the molecule is O=C(COC(=O)CC1CCCC1)Nc1ccccc1Sc1ccccc1. The van der Waals surface area contributed by atoms with Crippen LogP contribution in [-0.2, 0) is 14.3 Å². The van der Waals surface area contributed by atoms with Gasteiger partial charge in [-0.15, -0.1) is 0 Å². The van der Waals surface area contributed by atoms with E-state index < -0.39 is 0 Å². The van der Waals surface area contributed by atoms with Crippen LogP contribution >= 0.6 is 11.8 Å². The Morgan fingerprint density at radius 1 is 1.00 bits per heavy atom. The summed E-state index contributed by atoms with van der Waals surface area (Å²) in [5.74, 6) is -0.168. The van der Waals surface area contributed by atoms with Gasteiger partial charge < -0.3 is 10.1 Å². The van der Waals surface area contributed by atoms with Crippen LogP contribution in [0.15, 0.2) is 64.4 Å². The Morgan fingerprint density at radius 3 is 2.46 bits per heavy atom. The quantitative estimate of drug-likeness (QED) is 0.705. The first-order chi connectivity index (χ1) is 12.7. The minimum Gasteiger partial charge on any atom is -0.456 e. The fourth-order valence-corrected chi connectivity index (χ4v) is 4.04. The summed E-state index contributed by atoms with van der Waals surface area (Å²) in [6.07, 6.45) is 4.98. The number of para-hydroxylation sites is 1. The van der Waals surface area contributed by atoms with Crippen molar-refractivity contribution in [1.82, 2.24) is 0 Å². The number of anilines is 1. The number of rotatable bonds is 7. The van der Waals surface area contributed by atoms with Crippen LogP contribution in [0.2, 0.25) is 0 Å². The van der Waals surface area contributed by atoms with E-state index in [2.05, 4.69) is 5.32 Å². The highest BCUT2D eigenvalue weighted by atomic mass is 32.2. The van der Waals surface area contributed by atoms with Gasteiger partial charge in [-0.25, -0.2) is 0 Å². The Morgan fingerprint density at radius 2 is 1.69 bits per heavy atom. The summed E-state index contributed by atoms with van der Waals surface area (Å²) in [6.45, 7) is -0.240. The molecule has 4 nitrogen and oxygen atoms in total. The van der Waals surface area contributed by atoms with Gasteiger partial charge in [0, 0.05) is 16.2 Å². The van der Waals surface area contributed by atoms with E-state index in [-0.39, 0.29) is 18.5 Å². The van der Waals surface area contributed by atoms with Crippen molar-refractivity contribution < 1.29 is 14.3 Å². The van der Waals surface area contributed by atoms with Gasteiger partial charge in [0.05, 0.1) is 5.69 Å². The monoisotopic (exact) mass is 369 g/mol. The number of ether oxygens (including phenoxy) is 1. The molecule has 1 saturated carbocycles. The smallest absolute Gasteiger partial charge is 0.306 e. The van der Waals surface area contributed by atoms with Crippen molar-refractivity contribution in [2.24, 2.45) is 5.92 Å². The predicted molar refractivity (Wildman–Crippen MR) is 103 cm³/mol. The third-order valence-corrected chi connectivity index (χ3v) is 5.51. The van der Waals surface area contributed by atoms with Crippen LogP contribution < -0.4 is 5.32 Å². The third kappa shape index (κ3) is 5.63. The van der Waals surface area contributed by atoms with Gasteiger partial charge in [-0.1, -0.05) is 54.9 Å². The topological polar surface area (TPSA) is 55.4 Å². The van der Waals surface area contributed by atoms with Crippen LogP contribution in [0.3, 0.4) is 0 Å². The molecular formula is C21H23NO3S. The lowest BCUT2D eigenvalue weighted by molar-refractivity contribution is -0.148. The summed E-state index contributed by atoms with van der Waals surface area (Å²) < 4.78 is 5.14. The minimum absolute atomic E-state index is 0.240. The Balaban J connectivity index is 1.51. The zero-order valence-electron chi connectivity index (χ0n) is 14.6. The minimum atomic E-state index is -0.314. The van der Waals surface area contributed by atoms with Crippen molar-refractivity contribution in [1.29, 1.82) is 0 Å². The standard InChI is InChI=1S/C21H23NO3S/c23-20(15-25-21(24)14-16-8-4-5-9-16)22-18-12-6-7-13-19(18)26-17-10-2-1-3-11-17/h1-3,6-7,10-13,16H,4-5,8-9,14-15H2,(H,22,23). The van der Waals surface area contributed by atoms with Gasteiger partial charge in [0.1, 0.15) is 0 Å². The Bertz CT molecular complexity index is 742. The van der Waals surface area contributed by atoms with Crippen LogP contribution in [0.1, 0.15) is 32.1 Å². The lowest BCUT2D eigenvalue weighted by atomic mass is 10.1. The number of esters is 1. The van der Waals surface area contributed by atoms with Crippen LogP contribution in [-0.4, -0.2) is 18.5 Å². The molecule has 2 aromatic rings. The normalized spacial score (nSPS) is 14.2. The van der Waals surface area contributed by atoms with E-state index >= 15 is 0 Å². The molecule has 136 valence electrons. The number of nitrogens with one attached hydrogen (secondary N) is 1. The lowest BCUT2D eigenvalue weighted by Gasteiger charge is -2.12. The molecule has 0 aliphatic heterocycles. The molecular weight excluding hydrogens is 346 g/mol. The van der Waals surface area contributed by atoms with E-state index in [1.54, 1.807) is 11.8 Å². The largest absolute Gasteiger partial charge is 0.456 e. The molecule has 0 bridgehead atoms. The van der Waals surface area contributed by atoms with Crippen LogP contribution in [0.5, 0.6) is 0 Å². The summed E-state index contributed by atoms with van der Waals surface area (Å²) in [4.78, 5) is 26.1. The molecule has 3 rings (SSSR count). The van der Waals surface area contributed by atoms with E-state index in [1.165, 1.54) is 12.8 Å². The summed E-state index contributed by atoms with van der Waals surface area (Å²) in [6, 6.07) is 17.6. The highest BCUT2D eigenvalue weighted by Gasteiger charge is 2.20. The number of carbonyl (C=O) groups is 2. The molecule has 1 aliphatic rings. The highest BCUT2D eigenvalue weighted by molar-refractivity contribution is 7.99. The number of hydrogen-bond donors (Lipinski definition) is 1. The highest BCUT2D eigenvalue weighted by Crippen LogP contribution is 2.33. The molecule has 1 N–H and O–H groups in total. The van der Waals surface area contributed by atoms with Gasteiger partial charge in [-0.2, -0.15) is 0 Å². The average molecular weight is 369 g/mol. The second kappa shape index (κ2) is 9.43. The molecule has 1 aliphatic carbocycles. The summed E-state index contributed by atoms with van der Waals surface area (Å²) in [7, 11) is 0. The van der Waals surface area contributed by atoms with Gasteiger partial charge in [-0.05, 0) is 43.0 Å². The molecule has 0 atom stereocenters. The molecule has 2 aromatic carbocycles. The zero-order chi connectivity index (χ0) is 18.2. The molecule has 0 heterocycles. The number of hydrogen-bond acceptors (Lipinski definition) is 4. The first-order valence-electron chi connectivity index (χ1n) is 8.98. The fraction of sp³-hybridized carbons (Fsp3) is 0.333. The van der Waals surface area contributed by atoms with Gasteiger partial charge >= 0.3 is 5.97 Å². The summed E-state index contributed by atoms with van der Waals surface area (Å²) in [5.41, 5.74) is 0.721. The van der Waals surface area contributed by atoms with Crippen molar-refractivity contribution in [3.8, 4) is 0 Å². The van der Waals surface area contributed by atoms with E-state index in [1.807, 2.05) is 54.6 Å². The Hall–Kier alpha value is -2.27. The number of carbonyl (C=O) groups excluding carboxylic acids is 2. The zero-order valence-corrected chi connectivity index (χ0v) is 15.5. The molecule has 26 heavy (non-hydrogen) atoms. The van der Waals surface area contributed by atoms with Gasteiger partial charge in [0.25, 0.3) is 5.91 Å². The van der Waals surface area contributed by atoms with Crippen molar-refractivity contribution in [2.75, 3.05) is 11.9 Å². The van der Waals surface area contributed by atoms with Gasteiger partial charge in [0.2, 0.25) is 0 Å². The van der Waals surface area contributed by atoms with Crippen molar-refractivity contribution in [3.05, 3.63) is 54.6 Å². The summed E-state index contributed by atoms with van der Waals surface area (Å²) in [5, 5.41) is 2.84. The van der Waals surface area contributed by atoms with E-state index in [9.17, 15) is 9.59 Å². The molecule has 1 fully saturated rings. The number of benzene rings is 2. The molecule has 5 heteroatoms.